The average Bonchev–Trinajstić information content (AvgIpc) is 2.87. The number of rotatable bonds is 30. The Hall–Kier alpha value is -0.560. The van der Waals surface area contributed by atoms with Crippen LogP contribution in [0.3, 0.4) is 0 Å². The summed E-state index contributed by atoms with van der Waals surface area (Å²) in [6.45, 7) is 6.47. The van der Waals surface area contributed by atoms with E-state index >= 15 is 0 Å². The fourth-order valence-corrected chi connectivity index (χ4v) is 4.30. The molecule has 0 saturated carbocycles. The van der Waals surface area contributed by atoms with Crippen LogP contribution < -0.4 is 5.32 Å². The summed E-state index contributed by atoms with van der Waals surface area (Å²) in [5, 5.41) is 2.85. The van der Waals surface area contributed by atoms with Crippen molar-refractivity contribution in [2.75, 3.05) is 97.9 Å². The van der Waals surface area contributed by atoms with Crippen LogP contribution in [0.1, 0.15) is 51.4 Å². The molecule has 38 heavy (non-hydrogen) atoms. The highest BCUT2D eigenvalue weighted by Gasteiger charge is 2.08. The summed E-state index contributed by atoms with van der Waals surface area (Å²) < 4.78 is 42.5. The van der Waals surface area contributed by atoms with E-state index < -0.39 is 7.60 Å². The van der Waals surface area contributed by atoms with Crippen LogP contribution in [0, 0.1) is 0 Å². The maximum Gasteiger partial charge on any atom is 0.325 e. The number of nitrogens with one attached hydrogen (secondary N) is 1. The number of ketones is 1. The second kappa shape index (κ2) is 28.0. The molecule has 0 bridgehead atoms. The molecule has 0 aromatic rings. The number of thioether (sulfide) groups is 1. The van der Waals surface area contributed by atoms with Crippen LogP contribution in [0.2, 0.25) is 0 Å². The number of carbonyl (C=O) groups excluding carboxylic acids is 2. The van der Waals surface area contributed by atoms with Gasteiger partial charge in [0.05, 0.1) is 58.6 Å². The van der Waals surface area contributed by atoms with E-state index in [1.807, 2.05) is 0 Å². The molecule has 0 aliphatic carbocycles. The number of hydrogen-bond acceptors (Lipinski definition) is 10. The van der Waals surface area contributed by atoms with Gasteiger partial charge in [-0.2, -0.15) is 11.8 Å². The van der Waals surface area contributed by atoms with Crippen LogP contribution in [-0.4, -0.2) is 114 Å². The fraction of sp³-hybridized carbons (Fsp3) is 0.920. The lowest BCUT2D eigenvalue weighted by Gasteiger charge is -2.08. The molecule has 0 radical (unpaired) electrons. The normalized spacial score (nSPS) is 12.9. The molecule has 1 unspecified atom stereocenters. The molecule has 0 aliphatic rings. The van der Waals surface area contributed by atoms with Gasteiger partial charge in [-0.3, -0.25) is 14.2 Å². The van der Waals surface area contributed by atoms with Crippen molar-refractivity contribution in [3.05, 3.63) is 0 Å². The number of unbranched alkanes of at least 4 members (excludes halogenated alkanes) is 3. The number of methoxy groups -OCH3 is 1. The molecule has 1 amide bonds. The highest BCUT2D eigenvalue weighted by atomic mass is 32.2. The monoisotopic (exact) mass is 587 g/mol. The van der Waals surface area contributed by atoms with Crippen molar-refractivity contribution >= 4 is 31.0 Å². The first-order valence-electron chi connectivity index (χ1n) is 13.5. The van der Waals surface area contributed by atoms with Crippen molar-refractivity contribution in [2.45, 2.75) is 51.4 Å². The molecular formula is C25H50NO10PS. The van der Waals surface area contributed by atoms with E-state index in [4.69, 9.17) is 33.1 Å². The van der Waals surface area contributed by atoms with E-state index in [-0.39, 0.29) is 18.3 Å². The van der Waals surface area contributed by atoms with Gasteiger partial charge in [-0.25, -0.2) is 0 Å². The Morgan fingerprint density at radius 3 is 1.97 bits per heavy atom. The molecule has 2 N–H and O–H groups in total. The number of carbonyl (C=O) groups is 2. The molecule has 0 heterocycles. The summed E-state index contributed by atoms with van der Waals surface area (Å²) in [7, 11) is -1.69. The van der Waals surface area contributed by atoms with Gasteiger partial charge in [-0.05, 0) is 31.4 Å². The summed E-state index contributed by atoms with van der Waals surface area (Å²) in [6, 6.07) is 0. The molecule has 0 saturated heterocycles. The molecule has 0 rings (SSSR count). The van der Waals surface area contributed by atoms with Crippen LogP contribution in [-0.2, 0) is 42.4 Å². The second-order valence-corrected chi connectivity index (χ2v) is 11.6. The summed E-state index contributed by atoms with van der Waals surface area (Å²) in [5.74, 6) is 1.73. The minimum Gasteiger partial charge on any atom is -0.385 e. The summed E-state index contributed by atoms with van der Waals surface area (Å²) in [6.07, 6.45) is 5.95. The van der Waals surface area contributed by atoms with E-state index in [0.717, 1.165) is 50.9 Å². The van der Waals surface area contributed by atoms with Crippen LogP contribution in [0.4, 0.5) is 0 Å². The van der Waals surface area contributed by atoms with Gasteiger partial charge >= 0.3 is 7.60 Å². The third-order valence-corrected chi connectivity index (χ3v) is 6.72. The van der Waals surface area contributed by atoms with Gasteiger partial charge in [-0.15, -0.1) is 0 Å². The molecule has 1 atom stereocenters. The standard InChI is InChI=1S/C25H50NO10PS/c1-31-12-8-22-38-23-24(27)9-7-13-32-16-18-34-20-21-35-19-17-33-15-10-25(28)26-11-5-3-4-6-14-36-37(2,29)30/h3-23H2,1-2H3,(H,26,28)(H,29,30). The minimum atomic E-state index is -3.37. The minimum absolute atomic E-state index is 0.0450. The quantitative estimate of drug-likeness (QED) is 0.0947. The molecular weight excluding hydrogens is 537 g/mol. The Balaban J connectivity index is 3.23. The third kappa shape index (κ3) is 31.7. The van der Waals surface area contributed by atoms with Crippen LogP contribution in [0.5, 0.6) is 0 Å². The van der Waals surface area contributed by atoms with Crippen LogP contribution in [0.15, 0.2) is 0 Å². The van der Waals surface area contributed by atoms with Gasteiger partial charge < -0.3 is 38.4 Å². The number of amides is 1. The van der Waals surface area contributed by atoms with Crippen molar-refractivity contribution in [1.29, 1.82) is 0 Å². The van der Waals surface area contributed by atoms with Crippen molar-refractivity contribution < 1.29 is 47.3 Å². The molecule has 0 aliphatic heterocycles. The fourth-order valence-electron chi connectivity index (χ4n) is 2.99. The highest BCUT2D eigenvalue weighted by molar-refractivity contribution is 7.99. The second-order valence-electron chi connectivity index (χ2n) is 8.64. The van der Waals surface area contributed by atoms with Crippen molar-refractivity contribution in [3.63, 3.8) is 0 Å². The SMILES string of the molecule is COCCCSCC(=O)CCCOCCOCCOCCOCCC(=O)NCCCCCCOP(C)(=O)O. The summed E-state index contributed by atoms with van der Waals surface area (Å²) >= 11 is 1.66. The average molecular weight is 588 g/mol. The Morgan fingerprint density at radius 2 is 1.34 bits per heavy atom. The zero-order valence-electron chi connectivity index (χ0n) is 23.3. The molecule has 11 nitrogen and oxygen atoms in total. The van der Waals surface area contributed by atoms with Crippen molar-refractivity contribution in [3.8, 4) is 0 Å². The Morgan fingerprint density at radius 1 is 0.737 bits per heavy atom. The van der Waals surface area contributed by atoms with E-state index in [9.17, 15) is 14.2 Å². The topological polar surface area (TPSA) is 139 Å². The van der Waals surface area contributed by atoms with Gasteiger partial charge in [-0.1, -0.05) is 12.8 Å². The first kappa shape index (κ1) is 37.4. The predicted octanol–water partition coefficient (Wildman–Crippen LogP) is 3.07. The van der Waals surface area contributed by atoms with E-state index in [1.54, 1.807) is 18.9 Å². The zero-order chi connectivity index (χ0) is 28.2. The van der Waals surface area contributed by atoms with Crippen molar-refractivity contribution in [1.82, 2.24) is 5.32 Å². The van der Waals surface area contributed by atoms with Crippen LogP contribution >= 0.6 is 19.4 Å². The van der Waals surface area contributed by atoms with E-state index in [2.05, 4.69) is 5.32 Å². The van der Waals surface area contributed by atoms with Crippen molar-refractivity contribution in [2.24, 2.45) is 0 Å². The molecule has 226 valence electrons. The highest BCUT2D eigenvalue weighted by Crippen LogP contribution is 2.36. The Kier molecular flexibility index (Phi) is 27.6. The predicted molar refractivity (Wildman–Crippen MR) is 149 cm³/mol. The first-order valence-corrected chi connectivity index (χ1v) is 16.6. The third-order valence-electron chi connectivity index (χ3n) is 4.96. The number of hydrogen-bond donors (Lipinski definition) is 2. The largest absolute Gasteiger partial charge is 0.385 e. The molecule has 0 spiro atoms. The first-order chi connectivity index (χ1) is 18.3. The lowest BCUT2D eigenvalue weighted by Crippen LogP contribution is -2.25. The Labute approximate surface area is 232 Å². The molecule has 0 aromatic heterocycles. The lowest BCUT2D eigenvalue weighted by atomic mass is 10.2. The van der Waals surface area contributed by atoms with Crippen LogP contribution in [0.25, 0.3) is 0 Å². The summed E-state index contributed by atoms with van der Waals surface area (Å²) in [4.78, 5) is 32.5. The van der Waals surface area contributed by atoms with Gasteiger partial charge in [0.25, 0.3) is 0 Å². The van der Waals surface area contributed by atoms with Gasteiger partial charge in [0, 0.05) is 46.4 Å². The maximum atomic E-state index is 11.8. The van der Waals surface area contributed by atoms with Gasteiger partial charge in [0.1, 0.15) is 5.78 Å². The van der Waals surface area contributed by atoms with E-state index in [0.29, 0.717) is 78.0 Å². The maximum absolute atomic E-state index is 11.8. The summed E-state index contributed by atoms with van der Waals surface area (Å²) in [5.41, 5.74) is 0. The number of Topliss-reactive ketones (excluding diaryl/α,β-unsaturated/α-hetero) is 1. The van der Waals surface area contributed by atoms with Gasteiger partial charge in [0.15, 0.2) is 0 Å². The Bertz CT molecular complexity index is 609. The lowest BCUT2D eigenvalue weighted by molar-refractivity contribution is -0.122. The van der Waals surface area contributed by atoms with E-state index in [1.165, 1.54) is 6.66 Å². The molecule has 0 fully saturated rings. The molecule has 0 aromatic carbocycles. The zero-order valence-corrected chi connectivity index (χ0v) is 25.0. The number of ether oxygens (including phenoxy) is 5. The smallest absolute Gasteiger partial charge is 0.325 e. The van der Waals surface area contributed by atoms with Gasteiger partial charge in [0.2, 0.25) is 5.91 Å². The molecule has 13 heteroatoms.